The molecule has 0 fully saturated rings. The molecule has 0 radical (unpaired) electrons. The van der Waals surface area contributed by atoms with Crippen LogP contribution in [0.2, 0.25) is 0 Å². The van der Waals surface area contributed by atoms with Crippen LogP contribution in [0.25, 0.3) is 0 Å². The second-order valence-corrected chi connectivity index (χ2v) is 8.75. The molecule has 0 bridgehead atoms. The summed E-state index contributed by atoms with van der Waals surface area (Å²) in [7, 11) is 5.57. The standard InChI is InChI=1S/C26H28BrNO3/c1-28-12-11-20-15-25(29-2)26(30-3)16-21(20)23(28)14-19-9-10-24(22(27)13-19)31-17-18-7-5-4-6-8-18/h4-10,13,15-16,23H,11-12,14,17H2,1-3H3/t23-/m1/s1. The van der Waals surface area contributed by atoms with Gasteiger partial charge in [-0.3, -0.25) is 4.90 Å². The van der Waals surface area contributed by atoms with Crippen molar-refractivity contribution in [1.82, 2.24) is 4.90 Å². The maximum atomic E-state index is 6.01. The summed E-state index contributed by atoms with van der Waals surface area (Å²) in [6.07, 6.45) is 1.93. The van der Waals surface area contributed by atoms with E-state index in [1.807, 2.05) is 18.2 Å². The predicted molar refractivity (Wildman–Crippen MR) is 127 cm³/mol. The number of halogens is 1. The highest BCUT2D eigenvalue weighted by molar-refractivity contribution is 9.10. The van der Waals surface area contributed by atoms with Crippen LogP contribution in [0.15, 0.2) is 65.1 Å². The molecule has 1 atom stereocenters. The van der Waals surface area contributed by atoms with Gasteiger partial charge in [-0.25, -0.2) is 0 Å². The largest absolute Gasteiger partial charge is 0.493 e. The molecule has 0 N–H and O–H groups in total. The van der Waals surface area contributed by atoms with E-state index >= 15 is 0 Å². The minimum atomic E-state index is 0.284. The molecule has 5 heteroatoms. The van der Waals surface area contributed by atoms with Crippen molar-refractivity contribution < 1.29 is 14.2 Å². The van der Waals surface area contributed by atoms with Crippen LogP contribution < -0.4 is 14.2 Å². The maximum absolute atomic E-state index is 6.01. The first kappa shape index (κ1) is 21.7. The van der Waals surface area contributed by atoms with E-state index in [-0.39, 0.29) is 6.04 Å². The first-order valence-electron chi connectivity index (χ1n) is 10.5. The van der Waals surface area contributed by atoms with Gasteiger partial charge in [0.15, 0.2) is 11.5 Å². The van der Waals surface area contributed by atoms with Gasteiger partial charge in [0.05, 0.1) is 18.7 Å². The average molecular weight is 482 g/mol. The van der Waals surface area contributed by atoms with Crippen molar-refractivity contribution in [1.29, 1.82) is 0 Å². The quantitative estimate of drug-likeness (QED) is 0.425. The number of methoxy groups -OCH3 is 2. The molecule has 0 spiro atoms. The number of nitrogens with zero attached hydrogens (tertiary/aromatic N) is 1. The molecule has 4 nitrogen and oxygen atoms in total. The Balaban J connectivity index is 1.53. The summed E-state index contributed by atoms with van der Waals surface area (Å²) < 4.78 is 18.1. The second kappa shape index (κ2) is 9.75. The van der Waals surface area contributed by atoms with Gasteiger partial charge >= 0.3 is 0 Å². The Morgan fingerprint density at radius 2 is 1.65 bits per heavy atom. The van der Waals surface area contributed by atoms with Crippen molar-refractivity contribution in [3.8, 4) is 17.2 Å². The van der Waals surface area contributed by atoms with Crippen LogP contribution in [0.5, 0.6) is 17.2 Å². The lowest BCUT2D eigenvalue weighted by Gasteiger charge is -2.35. The zero-order valence-corrected chi connectivity index (χ0v) is 19.8. The highest BCUT2D eigenvalue weighted by Crippen LogP contribution is 2.39. The number of rotatable bonds is 7. The van der Waals surface area contributed by atoms with E-state index in [0.717, 1.165) is 46.7 Å². The first-order valence-corrected chi connectivity index (χ1v) is 11.3. The highest BCUT2D eigenvalue weighted by Gasteiger charge is 2.27. The second-order valence-electron chi connectivity index (χ2n) is 7.90. The number of likely N-dealkylation sites (N-methyl/N-ethyl adjacent to an activating group) is 1. The summed E-state index contributed by atoms with van der Waals surface area (Å²) in [6, 6.07) is 21.2. The van der Waals surface area contributed by atoms with Crippen LogP contribution in [-0.4, -0.2) is 32.7 Å². The van der Waals surface area contributed by atoms with Crippen LogP contribution in [0.3, 0.4) is 0 Å². The van der Waals surface area contributed by atoms with Gasteiger partial charge in [-0.05, 0) is 82.3 Å². The number of ether oxygens (including phenoxy) is 3. The smallest absolute Gasteiger partial charge is 0.161 e. The fourth-order valence-corrected chi connectivity index (χ4v) is 4.71. The average Bonchev–Trinajstić information content (AvgIpc) is 2.80. The molecule has 0 aliphatic carbocycles. The summed E-state index contributed by atoms with van der Waals surface area (Å²) in [4.78, 5) is 2.42. The molecule has 4 rings (SSSR count). The minimum Gasteiger partial charge on any atom is -0.493 e. The fourth-order valence-electron chi connectivity index (χ4n) is 4.17. The van der Waals surface area contributed by atoms with Crippen LogP contribution in [-0.2, 0) is 19.4 Å². The van der Waals surface area contributed by atoms with Crippen molar-refractivity contribution >= 4 is 15.9 Å². The molecule has 0 saturated carbocycles. The van der Waals surface area contributed by atoms with E-state index in [0.29, 0.717) is 6.61 Å². The van der Waals surface area contributed by atoms with Gasteiger partial charge in [0.2, 0.25) is 0 Å². The number of fused-ring (bicyclic) bond motifs is 1. The molecular weight excluding hydrogens is 454 g/mol. The van der Waals surface area contributed by atoms with E-state index in [2.05, 4.69) is 70.3 Å². The van der Waals surface area contributed by atoms with E-state index in [1.54, 1.807) is 14.2 Å². The molecule has 1 aliphatic rings. The van der Waals surface area contributed by atoms with Gasteiger partial charge in [-0.2, -0.15) is 0 Å². The highest BCUT2D eigenvalue weighted by atomic mass is 79.9. The third-order valence-electron chi connectivity index (χ3n) is 5.93. The summed E-state index contributed by atoms with van der Waals surface area (Å²) in [5.74, 6) is 2.44. The van der Waals surface area contributed by atoms with Crippen molar-refractivity contribution in [2.75, 3.05) is 27.8 Å². The third-order valence-corrected chi connectivity index (χ3v) is 6.55. The Kier molecular flexibility index (Phi) is 6.83. The van der Waals surface area contributed by atoms with Crippen molar-refractivity contribution in [3.05, 3.63) is 87.4 Å². The SMILES string of the molecule is COc1cc2c(cc1OC)[C@@H](Cc1ccc(OCc3ccccc3)c(Br)c1)N(C)CC2. The maximum Gasteiger partial charge on any atom is 0.161 e. The minimum absolute atomic E-state index is 0.284. The number of benzene rings is 3. The number of hydrogen-bond acceptors (Lipinski definition) is 4. The van der Waals surface area contributed by atoms with Crippen LogP contribution in [0.4, 0.5) is 0 Å². The van der Waals surface area contributed by atoms with Gasteiger partial charge in [-0.1, -0.05) is 36.4 Å². The van der Waals surface area contributed by atoms with E-state index in [4.69, 9.17) is 14.2 Å². The van der Waals surface area contributed by atoms with Gasteiger partial charge < -0.3 is 14.2 Å². The summed E-state index contributed by atoms with van der Waals surface area (Å²) in [5, 5.41) is 0. The van der Waals surface area contributed by atoms with Gasteiger partial charge in [-0.15, -0.1) is 0 Å². The van der Waals surface area contributed by atoms with Crippen molar-refractivity contribution in [2.45, 2.75) is 25.5 Å². The van der Waals surface area contributed by atoms with Crippen LogP contribution in [0.1, 0.15) is 28.3 Å². The van der Waals surface area contributed by atoms with Gasteiger partial charge in [0.1, 0.15) is 12.4 Å². The molecule has 0 saturated heterocycles. The Hall–Kier alpha value is -2.50. The Morgan fingerprint density at radius 1 is 0.903 bits per heavy atom. The number of hydrogen-bond donors (Lipinski definition) is 0. The molecule has 3 aromatic carbocycles. The lowest BCUT2D eigenvalue weighted by Crippen LogP contribution is -2.33. The fraction of sp³-hybridized carbons (Fsp3) is 0.308. The monoisotopic (exact) mass is 481 g/mol. The molecule has 1 aliphatic heterocycles. The lowest BCUT2D eigenvalue weighted by molar-refractivity contribution is 0.228. The van der Waals surface area contributed by atoms with Crippen molar-refractivity contribution in [2.24, 2.45) is 0 Å². The Morgan fingerprint density at radius 3 is 2.35 bits per heavy atom. The van der Waals surface area contributed by atoms with E-state index in [1.165, 1.54) is 16.7 Å². The summed E-state index contributed by atoms with van der Waals surface area (Å²) >= 11 is 3.70. The van der Waals surface area contributed by atoms with Crippen LogP contribution in [0, 0.1) is 0 Å². The molecule has 1 heterocycles. The molecule has 0 unspecified atom stereocenters. The van der Waals surface area contributed by atoms with E-state index < -0.39 is 0 Å². The predicted octanol–water partition coefficient (Wildman–Crippen LogP) is 5.82. The van der Waals surface area contributed by atoms with Gasteiger partial charge in [0, 0.05) is 12.6 Å². The third kappa shape index (κ3) is 4.89. The van der Waals surface area contributed by atoms with E-state index in [9.17, 15) is 0 Å². The normalized spacial score (nSPS) is 15.9. The molecule has 0 aromatic heterocycles. The first-order chi connectivity index (χ1) is 15.1. The van der Waals surface area contributed by atoms with Gasteiger partial charge in [0.25, 0.3) is 0 Å². The molecule has 0 amide bonds. The molecular formula is C26H28BrNO3. The lowest BCUT2D eigenvalue weighted by atomic mass is 9.88. The molecule has 162 valence electrons. The topological polar surface area (TPSA) is 30.9 Å². The van der Waals surface area contributed by atoms with Crippen LogP contribution >= 0.6 is 15.9 Å². The van der Waals surface area contributed by atoms with Crippen molar-refractivity contribution in [3.63, 3.8) is 0 Å². The molecule has 31 heavy (non-hydrogen) atoms. The Labute approximate surface area is 192 Å². The summed E-state index contributed by atoms with van der Waals surface area (Å²) in [5.41, 5.74) is 5.07. The summed E-state index contributed by atoms with van der Waals surface area (Å²) in [6.45, 7) is 1.58. The Bertz CT molecular complexity index is 1040. The molecule has 3 aromatic rings. The zero-order valence-electron chi connectivity index (χ0n) is 18.2. The zero-order chi connectivity index (χ0) is 21.8.